The van der Waals surface area contributed by atoms with Gasteiger partial charge in [-0.1, -0.05) is 46.3 Å². The van der Waals surface area contributed by atoms with Gasteiger partial charge in [0.1, 0.15) is 11.5 Å². The first kappa shape index (κ1) is 17.4. The first-order valence-corrected chi connectivity index (χ1v) is 8.81. The molecule has 0 aliphatic rings. The predicted octanol–water partition coefficient (Wildman–Crippen LogP) is 4.51. The van der Waals surface area contributed by atoms with Crippen molar-refractivity contribution in [2.45, 2.75) is 6.54 Å². The Labute approximate surface area is 159 Å². The van der Waals surface area contributed by atoms with Crippen LogP contribution in [-0.2, 0) is 6.54 Å². The number of hydrogen-bond acceptors (Lipinski definition) is 3. The van der Waals surface area contributed by atoms with Crippen molar-refractivity contribution in [2.75, 3.05) is 0 Å². The Morgan fingerprint density at radius 3 is 2.44 bits per heavy atom. The normalized spacial score (nSPS) is 10.3. The highest BCUT2D eigenvalue weighted by Crippen LogP contribution is 2.23. The highest BCUT2D eigenvalue weighted by molar-refractivity contribution is 9.10. The molecule has 1 aromatic heterocycles. The average molecular weight is 415 g/mol. The van der Waals surface area contributed by atoms with Crippen LogP contribution in [0, 0.1) is 0 Å². The number of rotatable bonds is 4. The summed E-state index contributed by atoms with van der Waals surface area (Å²) in [6.07, 6.45) is 0. The van der Waals surface area contributed by atoms with Gasteiger partial charge in [0.25, 0.3) is 5.91 Å². The third-order valence-corrected chi connectivity index (χ3v) is 4.25. The number of thiocarbonyl (C=S) groups is 1. The number of nitrogens with one attached hydrogen (secondary N) is 2. The van der Waals surface area contributed by atoms with Gasteiger partial charge in [0.05, 0.1) is 6.54 Å². The second kappa shape index (κ2) is 8.09. The topological polar surface area (TPSA) is 54.3 Å². The standard InChI is InChI=1S/C19H15BrN2O2S/c20-15-8-6-13(7-9-15)17-11-10-16(24-17)12-21-19(25)22-18(23)14-4-2-1-3-5-14/h1-11H,12H2,(H2,21,22,23,25). The summed E-state index contributed by atoms with van der Waals surface area (Å²) in [4.78, 5) is 12.0. The molecular formula is C19H15BrN2O2S. The number of furan rings is 1. The van der Waals surface area contributed by atoms with Crippen LogP contribution in [0.2, 0.25) is 0 Å². The fraction of sp³-hybridized carbons (Fsp3) is 0.0526. The number of benzene rings is 2. The second-order valence-electron chi connectivity index (χ2n) is 5.28. The van der Waals surface area contributed by atoms with Crippen molar-refractivity contribution in [3.05, 3.63) is 82.5 Å². The minimum atomic E-state index is -0.243. The molecule has 3 aromatic rings. The van der Waals surface area contributed by atoms with Gasteiger partial charge in [-0.2, -0.15) is 0 Å². The highest BCUT2D eigenvalue weighted by Gasteiger charge is 2.08. The Morgan fingerprint density at radius 1 is 1.00 bits per heavy atom. The highest BCUT2D eigenvalue weighted by atomic mass is 79.9. The van der Waals surface area contributed by atoms with Gasteiger partial charge in [-0.25, -0.2) is 0 Å². The van der Waals surface area contributed by atoms with Crippen LogP contribution >= 0.6 is 28.1 Å². The minimum Gasteiger partial charge on any atom is -0.459 e. The molecular weight excluding hydrogens is 400 g/mol. The van der Waals surface area contributed by atoms with Crippen LogP contribution in [-0.4, -0.2) is 11.0 Å². The van der Waals surface area contributed by atoms with E-state index in [4.69, 9.17) is 16.6 Å². The van der Waals surface area contributed by atoms with Crippen LogP contribution in [0.4, 0.5) is 0 Å². The average Bonchev–Trinajstić information content (AvgIpc) is 3.10. The van der Waals surface area contributed by atoms with Crippen LogP contribution in [0.15, 0.2) is 75.6 Å². The first-order chi connectivity index (χ1) is 12.1. The molecule has 0 unspecified atom stereocenters. The summed E-state index contributed by atoms with van der Waals surface area (Å²) in [7, 11) is 0. The van der Waals surface area contributed by atoms with Crippen molar-refractivity contribution < 1.29 is 9.21 Å². The molecule has 0 bridgehead atoms. The molecule has 2 aromatic carbocycles. The van der Waals surface area contributed by atoms with Gasteiger partial charge in [0.2, 0.25) is 0 Å². The van der Waals surface area contributed by atoms with Crippen molar-refractivity contribution in [3.8, 4) is 11.3 Å². The smallest absolute Gasteiger partial charge is 0.257 e. The van der Waals surface area contributed by atoms with E-state index in [-0.39, 0.29) is 11.0 Å². The SMILES string of the molecule is O=C(NC(=S)NCc1ccc(-c2ccc(Br)cc2)o1)c1ccccc1. The van der Waals surface area contributed by atoms with Crippen molar-refractivity contribution in [1.82, 2.24) is 10.6 Å². The molecule has 1 heterocycles. The monoisotopic (exact) mass is 414 g/mol. The Morgan fingerprint density at radius 2 is 1.72 bits per heavy atom. The summed E-state index contributed by atoms with van der Waals surface area (Å²) in [6.45, 7) is 0.393. The summed E-state index contributed by atoms with van der Waals surface area (Å²) in [5, 5.41) is 5.88. The lowest BCUT2D eigenvalue weighted by atomic mass is 10.2. The maximum absolute atomic E-state index is 12.0. The van der Waals surface area contributed by atoms with E-state index in [0.717, 1.165) is 21.6 Å². The van der Waals surface area contributed by atoms with Crippen LogP contribution in [0.25, 0.3) is 11.3 Å². The van der Waals surface area contributed by atoms with Gasteiger partial charge < -0.3 is 9.73 Å². The first-order valence-electron chi connectivity index (χ1n) is 7.61. The lowest BCUT2D eigenvalue weighted by Crippen LogP contribution is -2.38. The Kier molecular flexibility index (Phi) is 5.63. The van der Waals surface area contributed by atoms with Crippen LogP contribution < -0.4 is 10.6 Å². The van der Waals surface area contributed by atoms with E-state index in [9.17, 15) is 4.79 Å². The molecule has 0 atom stereocenters. The third kappa shape index (κ3) is 4.78. The molecule has 0 aliphatic heterocycles. The van der Waals surface area contributed by atoms with Crippen molar-refractivity contribution >= 4 is 39.2 Å². The number of carbonyl (C=O) groups is 1. The van der Waals surface area contributed by atoms with E-state index in [1.807, 2.05) is 42.5 Å². The van der Waals surface area contributed by atoms with E-state index in [1.165, 1.54) is 0 Å². The summed E-state index contributed by atoms with van der Waals surface area (Å²) in [6, 6.07) is 20.6. The summed E-state index contributed by atoms with van der Waals surface area (Å²) in [5.41, 5.74) is 1.55. The molecule has 1 amide bonds. The molecule has 3 rings (SSSR count). The van der Waals surface area contributed by atoms with Crippen molar-refractivity contribution in [1.29, 1.82) is 0 Å². The Hall–Kier alpha value is -2.44. The number of carbonyl (C=O) groups excluding carboxylic acids is 1. The molecule has 0 fully saturated rings. The van der Waals surface area contributed by atoms with Crippen molar-refractivity contribution in [2.24, 2.45) is 0 Å². The zero-order valence-electron chi connectivity index (χ0n) is 13.2. The molecule has 0 saturated heterocycles. The predicted molar refractivity (Wildman–Crippen MR) is 105 cm³/mol. The van der Waals surface area contributed by atoms with Gasteiger partial charge in [0.15, 0.2) is 5.11 Å². The number of hydrogen-bond donors (Lipinski definition) is 2. The maximum Gasteiger partial charge on any atom is 0.257 e. The Bertz CT molecular complexity index is 876. The number of amides is 1. The van der Waals surface area contributed by atoms with E-state index in [2.05, 4.69) is 26.6 Å². The van der Waals surface area contributed by atoms with E-state index in [1.54, 1.807) is 24.3 Å². The fourth-order valence-corrected chi connectivity index (χ4v) is 2.65. The van der Waals surface area contributed by atoms with Gasteiger partial charge in [-0.05, 0) is 48.6 Å². The van der Waals surface area contributed by atoms with Gasteiger partial charge in [-0.3, -0.25) is 10.1 Å². The van der Waals surface area contributed by atoms with Crippen LogP contribution in [0.5, 0.6) is 0 Å². The van der Waals surface area contributed by atoms with Gasteiger partial charge in [0, 0.05) is 15.6 Å². The minimum absolute atomic E-state index is 0.243. The quantitative estimate of drug-likeness (QED) is 0.616. The second-order valence-corrected chi connectivity index (χ2v) is 6.60. The zero-order chi connectivity index (χ0) is 17.6. The largest absolute Gasteiger partial charge is 0.459 e. The van der Waals surface area contributed by atoms with Gasteiger partial charge >= 0.3 is 0 Å². The summed E-state index contributed by atoms with van der Waals surface area (Å²) in [5.74, 6) is 1.27. The van der Waals surface area contributed by atoms with Crippen LogP contribution in [0.3, 0.4) is 0 Å². The summed E-state index contributed by atoms with van der Waals surface area (Å²) < 4.78 is 6.82. The molecule has 0 aliphatic carbocycles. The molecule has 4 nitrogen and oxygen atoms in total. The van der Waals surface area contributed by atoms with E-state index >= 15 is 0 Å². The van der Waals surface area contributed by atoms with E-state index < -0.39 is 0 Å². The molecule has 2 N–H and O–H groups in total. The lowest BCUT2D eigenvalue weighted by Gasteiger charge is -2.08. The van der Waals surface area contributed by atoms with Crippen molar-refractivity contribution in [3.63, 3.8) is 0 Å². The molecule has 25 heavy (non-hydrogen) atoms. The molecule has 0 spiro atoms. The third-order valence-electron chi connectivity index (χ3n) is 3.48. The lowest BCUT2D eigenvalue weighted by molar-refractivity contribution is 0.0976. The zero-order valence-corrected chi connectivity index (χ0v) is 15.6. The molecule has 126 valence electrons. The fourth-order valence-electron chi connectivity index (χ4n) is 2.22. The molecule has 6 heteroatoms. The van der Waals surface area contributed by atoms with Gasteiger partial charge in [-0.15, -0.1) is 0 Å². The number of halogens is 1. The van der Waals surface area contributed by atoms with E-state index in [0.29, 0.717) is 12.1 Å². The summed E-state index contributed by atoms with van der Waals surface area (Å²) >= 11 is 8.57. The molecule has 0 radical (unpaired) electrons. The Balaban J connectivity index is 1.54. The molecule has 0 saturated carbocycles. The van der Waals surface area contributed by atoms with Crippen LogP contribution in [0.1, 0.15) is 16.1 Å². The maximum atomic E-state index is 12.0.